The number of hydrogen-bond donors (Lipinski definition) is 1. The fourth-order valence-corrected chi connectivity index (χ4v) is 3.70. The number of carbonyl (C=O) groups is 1. The molecule has 6 nitrogen and oxygen atoms in total. The first-order valence-corrected chi connectivity index (χ1v) is 8.31. The third kappa shape index (κ3) is 2.83. The van der Waals surface area contributed by atoms with E-state index in [0.717, 1.165) is 0 Å². The van der Waals surface area contributed by atoms with Gasteiger partial charge in [-0.05, 0) is 44.4 Å². The van der Waals surface area contributed by atoms with Crippen LogP contribution in [-0.4, -0.2) is 26.2 Å². The van der Waals surface area contributed by atoms with Crippen molar-refractivity contribution in [3.8, 4) is 0 Å². The SMILES string of the molecule is CCOC(=O)C(C)(N=N)c1ccc(S(=O)(=O)C2CC2)cc1. The highest BCUT2D eigenvalue weighted by molar-refractivity contribution is 7.92. The molecule has 0 radical (unpaired) electrons. The van der Waals surface area contributed by atoms with Gasteiger partial charge in [-0.15, -0.1) is 0 Å². The zero-order valence-electron chi connectivity index (χ0n) is 12.0. The average Bonchev–Trinajstić information content (AvgIpc) is 3.32. The third-order valence-corrected chi connectivity index (χ3v) is 5.88. The van der Waals surface area contributed by atoms with E-state index in [4.69, 9.17) is 10.3 Å². The van der Waals surface area contributed by atoms with Gasteiger partial charge in [0.05, 0.1) is 16.8 Å². The van der Waals surface area contributed by atoms with Crippen molar-refractivity contribution in [2.24, 2.45) is 5.11 Å². The van der Waals surface area contributed by atoms with Crippen LogP contribution in [0.2, 0.25) is 0 Å². The molecule has 0 aromatic heterocycles. The topological polar surface area (TPSA) is 96.7 Å². The molecule has 114 valence electrons. The van der Waals surface area contributed by atoms with Gasteiger partial charge in [0.15, 0.2) is 15.4 Å². The monoisotopic (exact) mass is 310 g/mol. The Bertz CT molecular complexity index is 650. The number of esters is 1. The van der Waals surface area contributed by atoms with Crippen LogP contribution in [0.25, 0.3) is 0 Å². The van der Waals surface area contributed by atoms with E-state index < -0.39 is 21.3 Å². The molecule has 1 aliphatic carbocycles. The van der Waals surface area contributed by atoms with Gasteiger partial charge in [0.2, 0.25) is 0 Å². The first kappa shape index (κ1) is 15.6. The summed E-state index contributed by atoms with van der Waals surface area (Å²) in [5.41, 5.74) is 6.25. The molecule has 0 aliphatic heterocycles. The summed E-state index contributed by atoms with van der Waals surface area (Å²) in [5.74, 6) is -0.627. The summed E-state index contributed by atoms with van der Waals surface area (Å²) >= 11 is 0. The Morgan fingerprint density at radius 2 is 1.95 bits per heavy atom. The Hall–Kier alpha value is -1.76. The molecule has 2 rings (SSSR count). The van der Waals surface area contributed by atoms with Crippen molar-refractivity contribution in [1.29, 1.82) is 5.53 Å². The lowest BCUT2D eigenvalue weighted by Gasteiger charge is -2.21. The van der Waals surface area contributed by atoms with Crippen molar-refractivity contribution in [2.45, 2.75) is 42.4 Å². The fraction of sp³-hybridized carbons (Fsp3) is 0.500. The molecule has 1 fully saturated rings. The van der Waals surface area contributed by atoms with Gasteiger partial charge in [-0.25, -0.2) is 18.7 Å². The van der Waals surface area contributed by atoms with Crippen molar-refractivity contribution in [1.82, 2.24) is 0 Å². The second-order valence-electron chi connectivity index (χ2n) is 5.17. The number of sulfone groups is 1. The van der Waals surface area contributed by atoms with E-state index in [1.54, 1.807) is 6.92 Å². The zero-order valence-corrected chi connectivity index (χ0v) is 12.8. The van der Waals surface area contributed by atoms with Gasteiger partial charge in [-0.3, -0.25) is 0 Å². The van der Waals surface area contributed by atoms with E-state index in [2.05, 4.69) is 5.11 Å². The van der Waals surface area contributed by atoms with Crippen molar-refractivity contribution in [2.75, 3.05) is 6.61 Å². The smallest absolute Gasteiger partial charge is 0.340 e. The van der Waals surface area contributed by atoms with Crippen LogP contribution in [0.3, 0.4) is 0 Å². The summed E-state index contributed by atoms with van der Waals surface area (Å²) in [5, 5.41) is 3.10. The summed E-state index contributed by atoms with van der Waals surface area (Å²) in [6.07, 6.45) is 1.40. The van der Waals surface area contributed by atoms with E-state index in [9.17, 15) is 13.2 Å². The Kier molecular flexibility index (Phi) is 4.13. The molecule has 1 atom stereocenters. The second kappa shape index (κ2) is 5.55. The number of rotatable bonds is 6. The molecule has 0 heterocycles. The van der Waals surface area contributed by atoms with Gasteiger partial charge in [0.25, 0.3) is 0 Å². The molecule has 1 N–H and O–H groups in total. The number of hydrogen-bond acceptors (Lipinski definition) is 6. The van der Waals surface area contributed by atoms with Crippen molar-refractivity contribution < 1.29 is 17.9 Å². The fourth-order valence-electron chi connectivity index (χ4n) is 2.04. The zero-order chi connectivity index (χ0) is 15.7. The highest BCUT2D eigenvalue weighted by atomic mass is 32.2. The lowest BCUT2D eigenvalue weighted by atomic mass is 9.93. The van der Waals surface area contributed by atoms with Gasteiger partial charge in [-0.2, -0.15) is 5.11 Å². The van der Waals surface area contributed by atoms with E-state index in [1.807, 2.05) is 0 Å². The summed E-state index contributed by atoms with van der Waals surface area (Å²) < 4.78 is 29.1. The van der Waals surface area contributed by atoms with Crippen LogP contribution in [0.5, 0.6) is 0 Å². The predicted octanol–water partition coefficient (Wildman–Crippen LogP) is 2.43. The summed E-state index contributed by atoms with van der Waals surface area (Å²) in [4.78, 5) is 12.2. The summed E-state index contributed by atoms with van der Waals surface area (Å²) in [6, 6.07) is 5.96. The van der Waals surface area contributed by atoms with Crippen LogP contribution >= 0.6 is 0 Å². The number of nitrogens with one attached hydrogen (secondary N) is 1. The number of benzene rings is 1. The van der Waals surface area contributed by atoms with E-state index in [-0.39, 0.29) is 16.8 Å². The first-order chi connectivity index (χ1) is 9.86. The number of nitrogens with zero attached hydrogens (tertiary/aromatic N) is 1. The standard InChI is InChI=1S/C14H18N2O4S/c1-3-20-13(17)14(2,16-15)10-4-6-11(7-5-10)21(18,19)12-8-9-12/h4-7,12,15H,3,8-9H2,1-2H3. The second-order valence-corrected chi connectivity index (χ2v) is 7.40. The largest absolute Gasteiger partial charge is 0.464 e. The van der Waals surface area contributed by atoms with Crippen LogP contribution < -0.4 is 0 Å². The van der Waals surface area contributed by atoms with Gasteiger partial charge >= 0.3 is 5.97 Å². The maximum Gasteiger partial charge on any atom is 0.340 e. The normalized spacial score (nSPS) is 17.8. The predicted molar refractivity (Wildman–Crippen MR) is 75.8 cm³/mol. The van der Waals surface area contributed by atoms with Crippen molar-refractivity contribution in [3.63, 3.8) is 0 Å². The van der Waals surface area contributed by atoms with Crippen LogP contribution in [0.1, 0.15) is 32.3 Å². The van der Waals surface area contributed by atoms with Crippen LogP contribution in [0, 0.1) is 5.53 Å². The molecule has 1 aliphatic rings. The summed E-state index contributed by atoms with van der Waals surface area (Å²) in [7, 11) is -3.26. The van der Waals surface area contributed by atoms with Crippen LogP contribution in [-0.2, 0) is 24.9 Å². The van der Waals surface area contributed by atoms with Gasteiger partial charge in [-0.1, -0.05) is 12.1 Å². The Balaban J connectivity index is 2.33. The van der Waals surface area contributed by atoms with Crippen LogP contribution in [0.4, 0.5) is 0 Å². The van der Waals surface area contributed by atoms with Crippen molar-refractivity contribution >= 4 is 15.8 Å². The Morgan fingerprint density at radius 3 is 2.38 bits per heavy atom. The Morgan fingerprint density at radius 1 is 1.38 bits per heavy atom. The quantitative estimate of drug-likeness (QED) is 0.644. The van der Waals surface area contributed by atoms with Gasteiger partial charge in [0, 0.05) is 0 Å². The van der Waals surface area contributed by atoms with E-state index in [1.165, 1.54) is 31.2 Å². The lowest BCUT2D eigenvalue weighted by Crippen LogP contribution is -2.32. The number of ether oxygens (including phenoxy) is 1. The minimum absolute atomic E-state index is 0.193. The molecule has 1 saturated carbocycles. The van der Waals surface area contributed by atoms with Gasteiger partial charge < -0.3 is 4.74 Å². The first-order valence-electron chi connectivity index (χ1n) is 6.76. The third-order valence-electron chi connectivity index (χ3n) is 3.60. The molecular weight excluding hydrogens is 292 g/mol. The minimum atomic E-state index is -3.26. The molecular formula is C14H18N2O4S. The van der Waals surface area contributed by atoms with Crippen molar-refractivity contribution in [3.05, 3.63) is 29.8 Å². The molecule has 0 amide bonds. The van der Waals surface area contributed by atoms with E-state index >= 15 is 0 Å². The molecule has 1 aromatic carbocycles. The van der Waals surface area contributed by atoms with Gasteiger partial charge in [0.1, 0.15) is 0 Å². The van der Waals surface area contributed by atoms with Crippen LogP contribution in [0.15, 0.2) is 34.3 Å². The lowest BCUT2D eigenvalue weighted by molar-refractivity contribution is -0.149. The Labute approximate surface area is 123 Å². The molecule has 0 spiro atoms. The number of carbonyl (C=O) groups excluding carboxylic acids is 1. The maximum atomic E-state index is 12.1. The summed E-state index contributed by atoms with van der Waals surface area (Å²) in [6.45, 7) is 3.34. The molecule has 0 saturated heterocycles. The molecule has 21 heavy (non-hydrogen) atoms. The molecule has 0 bridgehead atoms. The molecule has 1 unspecified atom stereocenters. The maximum absolute atomic E-state index is 12.1. The molecule has 1 aromatic rings. The highest BCUT2D eigenvalue weighted by Crippen LogP contribution is 2.34. The molecule has 7 heteroatoms. The average molecular weight is 310 g/mol. The highest BCUT2D eigenvalue weighted by Gasteiger charge is 2.39. The minimum Gasteiger partial charge on any atom is -0.464 e. The van der Waals surface area contributed by atoms with E-state index in [0.29, 0.717) is 18.4 Å².